The molecule has 2 N–H and O–H groups in total. The van der Waals surface area contributed by atoms with Crippen LogP contribution in [0.3, 0.4) is 0 Å². The molecule has 0 aliphatic carbocycles. The largest absolute Gasteiger partial charge is 0.269 e. The lowest BCUT2D eigenvalue weighted by Gasteiger charge is -2.10. The number of nitrogens with zero attached hydrogens (tertiary/aromatic N) is 1. The lowest BCUT2D eigenvalue weighted by Crippen LogP contribution is -2.90. The summed E-state index contributed by atoms with van der Waals surface area (Å²) in [4.78, 5) is 0. The average Bonchev–Trinajstić information content (AvgIpc) is 1.72. The van der Waals surface area contributed by atoms with E-state index >= 15 is 0 Å². The summed E-state index contributed by atoms with van der Waals surface area (Å²) in [5.41, 5.74) is 2.11. The second-order valence-corrected chi connectivity index (χ2v) is 1.48. The Morgan fingerprint density at radius 1 is 1.29 bits per heavy atom. The predicted molar refractivity (Wildman–Crippen MR) is 30.8 cm³/mol. The molecule has 0 amide bonds. The zero-order valence-corrected chi connectivity index (χ0v) is 5.44. The van der Waals surface area contributed by atoms with Crippen molar-refractivity contribution >= 4 is 0 Å². The quantitative estimate of drug-likeness (QED) is 0.375. The van der Waals surface area contributed by atoms with Crippen LogP contribution in [0.1, 0.15) is 13.8 Å². The number of quaternary nitrogens is 1. The summed E-state index contributed by atoms with van der Waals surface area (Å²) in [6.45, 7) is 6.58. The van der Waals surface area contributed by atoms with Gasteiger partial charge in [-0.1, -0.05) is 0 Å². The number of nitrogens with two attached hydrogens (primary N) is 1. The summed E-state index contributed by atoms with van der Waals surface area (Å²) in [5, 5.41) is 2.25. The van der Waals surface area contributed by atoms with Gasteiger partial charge in [0, 0.05) is 13.1 Å². The van der Waals surface area contributed by atoms with Crippen molar-refractivity contribution in [1.82, 2.24) is 5.01 Å². The molecule has 0 aromatic carbocycles. The Balaban J connectivity index is 2.99. The number of rotatable bonds is 3. The molecular weight excluding hydrogens is 88.1 g/mol. The Morgan fingerprint density at radius 3 is 1.71 bits per heavy atom. The van der Waals surface area contributed by atoms with E-state index in [1.807, 2.05) is 0 Å². The molecule has 0 heterocycles. The van der Waals surface area contributed by atoms with Crippen molar-refractivity contribution in [2.24, 2.45) is 0 Å². The van der Waals surface area contributed by atoms with Gasteiger partial charge in [-0.25, -0.2) is 0 Å². The molecule has 0 rings (SSSR count). The van der Waals surface area contributed by atoms with Crippen LogP contribution in [-0.2, 0) is 0 Å². The first-order valence-corrected chi connectivity index (χ1v) is 2.88. The number of hydrogen-bond donors (Lipinski definition) is 1. The molecule has 0 radical (unpaired) electrons. The zero-order valence-electron chi connectivity index (χ0n) is 5.44. The van der Waals surface area contributed by atoms with E-state index in [2.05, 4.69) is 31.3 Å². The summed E-state index contributed by atoms with van der Waals surface area (Å²) >= 11 is 0. The third-order valence-corrected chi connectivity index (χ3v) is 1.18. The Bertz CT molecular complexity index is 27.6. The van der Waals surface area contributed by atoms with E-state index < -0.39 is 0 Å². The minimum absolute atomic E-state index is 1.13. The van der Waals surface area contributed by atoms with Crippen molar-refractivity contribution in [1.29, 1.82) is 0 Å². The zero-order chi connectivity index (χ0) is 5.70. The molecule has 0 fully saturated rings. The maximum atomic E-state index is 2.25. The SMILES string of the molecule is CCN(CC)[NH2+]C. The van der Waals surface area contributed by atoms with Crippen LogP contribution in [0.2, 0.25) is 0 Å². The van der Waals surface area contributed by atoms with E-state index in [0.29, 0.717) is 0 Å². The fourth-order valence-electron chi connectivity index (χ4n) is 0.589. The van der Waals surface area contributed by atoms with Crippen LogP contribution in [-0.4, -0.2) is 25.1 Å². The van der Waals surface area contributed by atoms with E-state index in [1.165, 1.54) is 0 Å². The minimum Gasteiger partial charge on any atom is -0.269 e. The third-order valence-electron chi connectivity index (χ3n) is 1.18. The van der Waals surface area contributed by atoms with Gasteiger partial charge in [-0.3, -0.25) is 5.43 Å². The molecule has 0 aliphatic rings. The van der Waals surface area contributed by atoms with Gasteiger partial charge in [-0.15, -0.1) is 0 Å². The van der Waals surface area contributed by atoms with Gasteiger partial charge in [0.25, 0.3) is 0 Å². The molecule has 44 valence electrons. The highest BCUT2D eigenvalue weighted by Crippen LogP contribution is 1.67. The van der Waals surface area contributed by atoms with E-state index in [4.69, 9.17) is 0 Å². The molecule has 0 saturated carbocycles. The van der Waals surface area contributed by atoms with Crippen LogP contribution in [0.15, 0.2) is 0 Å². The predicted octanol–water partition coefficient (Wildman–Crippen LogP) is -0.564. The van der Waals surface area contributed by atoms with Gasteiger partial charge in [-0.2, -0.15) is 5.01 Å². The third kappa shape index (κ3) is 2.60. The van der Waals surface area contributed by atoms with Crippen LogP contribution < -0.4 is 5.43 Å². The van der Waals surface area contributed by atoms with Crippen molar-refractivity contribution in [3.8, 4) is 0 Å². The molecule has 7 heavy (non-hydrogen) atoms. The van der Waals surface area contributed by atoms with E-state index in [-0.39, 0.29) is 0 Å². The summed E-state index contributed by atoms with van der Waals surface area (Å²) in [6, 6.07) is 0. The molecule has 0 spiro atoms. The first-order chi connectivity index (χ1) is 3.35. The second-order valence-electron chi connectivity index (χ2n) is 1.48. The van der Waals surface area contributed by atoms with Gasteiger partial charge in [0.2, 0.25) is 0 Å². The van der Waals surface area contributed by atoms with Crippen LogP contribution in [0.5, 0.6) is 0 Å². The molecule has 0 bridgehead atoms. The Labute approximate surface area is 45.5 Å². The first-order valence-electron chi connectivity index (χ1n) is 2.88. The maximum Gasteiger partial charge on any atom is 0.0827 e. The topological polar surface area (TPSA) is 19.9 Å². The highest BCUT2D eigenvalue weighted by Gasteiger charge is 1.92. The summed E-state index contributed by atoms with van der Waals surface area (Å²) in [5.74, 6) is 0. The van der Waals surface area contributed by atoms with Gasteiger partial charge in [-0.05, 0) is 13.8 Å². The van der Waals surface area contributed by atoms with Crippen molar-refractivity contribution < 1.29 is 5.43 Å². The minimum atomic E-state index is 1.13. The maximum absolute atomic E-state index is 2.25. The fraction of sp³-hybridized carbons (Fsp3) is 1.00. The smallest absolute Gasteiger partial charge is 0.0827 e. The normalized spacial score (nSPS) is 10.3. The molecule has 0 aromatic heterocycles. The van der Waals surface area contributed by atoms with E-state index in [9.17, 15) is 0 Å². The number of hydrogen-bond acceptors (Lipinski definition) is 1. The molecule has 0 aliphatic heterocycles. The second kappa shape index (κ2) is 4.09. The van der Waals surface area contributed by atoms with Gasteiger partial charge in [0.15, 0.2) is 0 Å². The first kappa shape index (κ1) is 6.92. The summed E-state index contributed by atoms with van der Waals surface area (Å²) < 4.78 is 0. The van der Waals surface area contributed by atoms with Crippen molar-refractivity contribution in [3.63, 3.8) is 0 Å². The lowest BCUT2D eigenvalue weighted by atomic mass is 10.6. The van der Waals surface area contributed by atoms with Crippen LogP contribution >= 0.6 is 0 Å². The van der Waals surface area contributed by atoms with Crippen molar-refractivity contribution in [2.45, 2.75) is 13.8 Å². The monoisotopic (exact) mass is 103 g/mol. The van der Waals surface area contributed by atoms with Gasteiger partial charge >= 0.3 is 0 Å². The molecular formula is C5H15N2+. The van der Waals surface area contributed by atoms with E-state index in [1.54, 1.807) is 0 Å². The Kier molecular flexibility index (Phi) is 4.04. The van der Waals surface area contributed by atoms with Gasteiger partial charge in [0.05, 0.1) is 7.05 Å². The van der Waals surface area contributed by atoms with Gasteiger partial charge < -0.3 is 0 Å². The summed E-state index contributed by atoms with van der Waals surface area (Å²) in [6.07, 6.45) is 0. The van der Waals surface area contributed by atoms with Gasteiger partial charge in [0.1, 0.15) is 0 Å². The highest BCUT2D eigenvalue weighted by atomic mass is 15.5. The molecule has 0 atom stereocenters. The van der Waals surface area contributed by atoms with Crippen LogP contribution in [0, 0.1) is 0 Å². The Hall–Kier alpha value is -0.0800. The average molecular weight is 103 g/mol. The Morgan fingerprint density at radius 2 is 1.71 bits per heavy atom. The van der Waals surface area contributed by atoms with E-state index in [0.717, 1.165) is 13.1 Å². The molecule has 0 unspecified atom stereocenters. The van der Waals surface area contributed by atoms with Crippen LogP contribution in [0.4, 0.5) is 0 Å². The molecule has 0 saturated heterocycles. The lowest BCUT2D eigenvalue weighted by molar-refractivity contribution is -0.782. The molecule has 0 aromatic rings. The molecule has 2 heteroatoms. The standard InChI is InChI=1S/C5H14N2/c1-4-7(5-2)6-3/h6H,4-5H2,1-3H3/p+1. The summed E-state index contributed by atoms with van der Waals surface area (Å²) in [7, 11) is 2.06. The fourth-order valence-corrected chi connectivity index (χ4v) is 0.589. The van der Waals surface area contributed by atoms with Crippen molar-refractivity contribution in [3.05, 3.63) is 0 Å². The molecule has 2 nitrogen and oxygen atoms in total. The van der Waals surface area contributed by atoms with Crippen molar-refractivity contribution in [2.75, 3.05) is 20.1 Å². The highest BCUT2D eigenvalue weighted by molar-refractivity contribution is 4.26. The van der Waals surface area contributed by atoms with Crippen LogP contribution in [0.25, 0.3) is 0 Å².